The van der Waals surface area contributed by atoms with E-state index < -0.39 is 5.91 Å². The number of H-pyrrole nitrogens is 1. The van der Waals surface area contributed by atoms with Crippen LogP contribution in [0.3, 0.4) is 0 Å². The second-order valence-electron chi connectivity index (χ2n) is 7.62. The Morgan fingerprint density at radius 3 is 2.34 bits per heavy atom. The van der Waals surface area contributed by atoms with Crippen LogP contribution in [-0.4, -0.2) is 53.4 Å². The summed E-state index contributed by atoms with van der Waals surface area (Å²) in [6, 6.07) is 15.0. The van der Waals surface area contributed by atoms with Gasteiger partial charge in [0.1, 0.15) is 5.69 Å². The number of para-hydroxylation sites is 1. The van der Waals surface area contributed by atoms with Gasteiger partial charge in [-0.3, -0.25) is 9.89 Å². The van der Waals surface area contributed by atoms with Gasteiger partial charge in [-0.1, -0.05) is 18.2 Å². The van der Waals surface area contributed by atoms with Crippen molar-refractivity contribution in [3.63, 3.8) is 0 Å². The van der Waals surface area contributed by atoms with E-state index in [1.807, 2.05) is 48.9 Å². The van der Waals surface area contributed by atoms with Crippen molar-refractivity contribution in [2.24, 2.45) is 5.10 Å². The number of ether oxygens (including phenoxy) is 3. The smallest absolute Gasteiger partial charge is 0.289 e. The fourth-order valence-electron chi connectivity index (χ4n) is 3.80. The van der Waals surface area contributed by atoms with E-state index in [1.54, 1.807) is 18.2 Å². The molecule has 35 heavy (non-hydrogen) atoms. The third kappa shape index (κ3) is 4.72. The number of methoxy groups -OCH3 is 3. The molecule has 2 aromatic carbocycles. The number of amides is 1. The molecule has 0 saturated carbocycles. The van der Waals surface area contributed by atoms with Crippen LogP contribution < -0.4 is 19.6 Å². The molecule has 4 rings (SSSR count). The van der Waals surface area contributed by atoms with Gasteiger partial charge in [0.2, 0.25) is 5.75 Å². The lowest BCUT2D eigenvalue weighted by atomic mass is 10.1. The number of aromatic nitrogens is 4. The molecule has 4 aromatic rings. The SMILES string of the molecule is COc1cc(C=NNC(=O)c2cc(-c3c(C)nn(-c4ccccc4)c3C)n[nH]2)cc(OC)c1OC. The van der Waals surface area contributed by atoms with E-state index in [-0.39, 0.29) is 5.69 Å². The summed E-state index contributed by atoms with van der Waals surface area (Å²) in [4.78, 5) is 12.6. The number of hydrogen-bond donors (Lipinski definition) is 2. The zero-order chi connectivity index (χ0) is 24.9. The van der Waals surface area contributed by atoms with Crippen molar-refractivity contribution in [3.05, 3.63) is 71.2 Å². The average molecular weight is 475 g/mol. The summed E-state index contributed by atoms with van der Waals surface area (Å²) in [6.45, 7) is 3.89. The molecule has 10 heteroatoms. The van der Waals surface area contributed by atoms with E-state index in [2.05, 4.69) is 25.8 Å². The van der Waals surface area contributed by atoms with E-state index in [0.717, 1.165) is 22.6 Å². The maximum atomic E-state index is 12.6. The van der Waals surface area contributed by atoms with Gasteiger partial charge in [-0.25, -0.2) is 10.1 Å². The van der Waals surface area contributed by atoms with Gasteiger partial charge in [0.15, 0.2) is 11.5 Å². The van der Waals surface area contributed by atoms with Gasteiger partial charge in [-0.2, -0.15) is 15.3 Å². The van der Waals surface area contributed by atoms with Crippen LogP contribution in [0.4, 0.5) is 0 Å². The average Bonchev–Trinajstić information content (AvgIpc) is 3.47. The molecule has 0 bridgehead atoms. The highest BCUT2D eigenvalue weighted by atomic mass is 16.5. The molecule has 0 fully saturated rings. The minimum Gasteiger partial charge on any atom is -0.493 e. The summed E-state index contributed by atoms with van der Waals surface area (Å²) in [7, 11) is 4.59. The quantitative estimate of drug-likeness (QED) is 0.297. The van der Waals surface area contributed by atoms with Crippen molar-refractivity contribution in [2.75, 3.05) is 21.3 Å². The molecular formula is C25H26N6O4. The maximum absolute atomic E-state index is 12.6. The number of nitrogens with one attached hydrogen (secondary N) is 2. The summed E-state index contributed by atoms with van der Waals surface area (Å²) in [6.07, 6.45) is 1.48. The molecule has 2 N–H and O–H groups in total. The van der Waals surface area contributed by atoms with E-state index in [9.17, 15) is 4.79 Å². The summed E-state index contributed by atoms with van der Waals surface area (Å²) in [5.41, 5.74) is 7.61. The maximum Gasteiger partial charge on any atom is 0.289 e. The number of nitrogens with zero attached hydrogens (tertiary/aromatic N) is 4. The van der Waals surface area contributed by atoms with Gasteiger partial charge in [0, 0.05) is 11.1 Å². The summed E-state index contributed by atoms with van der Waals surface area (Å²) in [5.74, 6) is 1.01. The van der Waals surface area contributed by atoms with Crippen molar-refractivity contribution >= 4 is 12.1 Å². The molecule has 10 nitrogen and oxygen atoms in total. The highest BCUT2D eigenvalue weighted by Crippen LogP contribution is 2.37. The van der Waals surface area contributed by atoms with E-state index in [4.69, 9.17) is 14.2 Å². The molecule has 180 valence electrons. The Balaban J connectivity index is 1.51. The molecule has 0 aliphatic rings. The van der Waals surface area contributed by atoms with Gasteiger partial charge in [-0.15, -0.1) is 0 Å². The molecule has 2 aromatic heterocycles. The molecule has 0 aliphatic heterocycles. The van der Waals surface area contributed by atoms with Crippen molar-refractivity contribution in [3.8, 4) is 34.2 Å². The fraction of sp³-hybridized carbons (Fsp3) is 0.200. The zero-order valence-corrected chi connectivity index (χ0v) is 20.1. The third-order valence-electron chi connectivity index (χ3n) is 5.44. The Hall–Kier alpha value is -4.60. The molecule has 0 saturated heterocycles. The first-order chi connectivity index (χ1) is 17.0. The number of carbonyl (C=O) groups is 1. The number of hydrogen-bond acceptors (Lipinski definition) is 7. The van der Waals surface area contributed by atoms with Crippen LogP contribution in [0.15, 0.2) is 53.6 Å². The summed E-state index contributed by atoms with van der Waals surface area (Å²) in [5, 5.41) is 15.8. The topological polar surface area (TPSA) is 116 Å². The van der Waals surface area contributed by atoms with Gasteiger partial charge in [0.25, 0.3) is 5.91 Å². The number of aryl methyl sites for hydroxylation is 1. The number of carbonyl (C=O) groups excluding carboxylic acids is 1. The van der Waals surface area contributed by atoms with Gasteiger partial charge in [0.05, 0.1) is 50.3 Å². The van der Waals surface area contributed by atoms with E-state index in [1.165, 1.54) is 27.5 Å². The normalized spacial score (nSPS) is 11.0. The second kappa shape index (κ2) is 10.1. The number of aromatic amines is 1. The Morgan fingerprint density at radius 1 is 1.03 bits per heavy atom. The standard InChI is InChI=1S/C25H26N6O4/c1-15-23(16(2)31(30-15)18-9-7-6-8-10-18)19-13-20(28-27-19)25(32)29-26-14-17-11-21(33-3)24(35-5)22(12-17)34-4/h6-14H,1-5H3,(H,27,28)(H,29,32). The van der Waals surface area contributed by atoms with Crippen LogP contribution in [0, 0.1) is 13.8 Å². The highest BCUT2D eigenvalue weighted by molar-refractivity contribution is 5.94. The third-order valence-corrected chi connectivity index (χ3v) is 5.44. The molecule has 0 radical (unpaired) electrons. The van der Waals surface area contributed by atoms with Crippen LogP contribution in [0.5, 0.6) is 17.2 Å². The predicted molar refractivity (Wildman–Crippen MR) is 132 cm³/mol. The lowest BCUT2D eigenvalue weighted by Gasteiger charge is -2.12. The Morgan fingerprint density at radius 2 is 1.71 bits per heavy atom. The lowest BCUT2D eigenvalue weighted by molar-refractivity contribution is 0.0950. The number of hydrazone groups is 1. The monoisotopic (exact) mass is 474 g/mol. The minimum absolute atomic E-state index is 0.272. The predicted octanol–water partition coefficient (Wildman–Crippen LogP) is 3.67. The highest BCUT2D eigenvalue weighted by Gasteiger charge is 2.19. The van der Waals surface area contributed by atoms with Crippen LogP contribution in [0.1, 0.15) is 27.4 Å². The van der Waals surface area contributed by atoms with Crippen molar-refractivity contribution < 1.29 is 19.0 Å². The van der Waals surface area contributed by atoms with Crippen LogP contribution in [0.25, 0.3) is 16.9 Å². The van der Waals surface area contributed by atoms with Gasteiger partial charge < -0.3 is 14.2 Å². The van der Waals surface area contributed by atoms with E-state index >= 15 is 0 Å². The largest absolute Gasteiger partial charge is 0.493 e. The Labute approximate surface area is 202 Å². The molecule has 1 amide bonds. The molecular weight excluding hydrogens is 448 g/mol. The van der Waals surface area contributed by atoms with Crippen LogP contribution in [0.2, 0.25) is 0 Å². The first kappa shape index (κ1) is 23.6. The molecule has 0 spiro atoms. The number of rotatable bonds is 8. The molecule has 0 atom stereocenters. The van der Waals surface area contributed by atoms with Crippen molar-refractivity contribution in [2.45, 2.75) is 13.8 Å². The molecule has 0 unspecified atom stereocenters. The zero-order valence-electron chi connectivity index (χ0n) is 20.1. The lowest BCUT2D eigenvalue weighted by Crippen LogP contribution is -2.18. The van der Waals surface area contributed by atoms with Crippen molar-refractivity contribution in [1.82, 2.24) is 25.4 Å². The van der Waals surface area contributed by atoms with Gasteiger partial charge in [-0.05, 0) is 44.2 Å². The van der Waals surface area contributed by atoms with Crippen molar-refractivity contribution in [1.29, 1.82) is 0 Å². The number of benzene rings is 2. The Kier molecular flexibility index (Phi) is 6.81. The Bertz CT molecular complexity index is 1350. The van der Waals surface area contributed by atoms with Crippen LogP contribution in [-0.2, 0) is 0 Å². The van der Waals surface area contributed by atoms with Crippen LogP contribution >= 0.6 is 0 Å². The van der Waals surface area contributed by atoms with E-state index in [0.29, 0.717) is 28.5 Å². The summed E-state index contributed by atoms with van der Waals surface area (Å²) >= 11 is 0. The summed E-state index contributed by atoms with van der Waals surface area (Å²) < 4.78 is 17.8. The molecule has 2 heterocycles. The second-order valence-corrected chi connectivity index (χ2v) is 7.62. The fourth-order valence-corrected chi connectivity index (χ4v) is 3.80. The molecule has 0 aliphatic carbocycles. The first-order valence-electron chi connectivity index (χ1n) is 10.8. The minimum atomic E-state index is -0.432. The van der Waals surface area contributed by atoms with Gasteiger partial charge >= 0.3 is 0 Å². The first-order valence-corrected chi connectivity index (χ1v) is 10.8.